The Hall–Kier alpha value is -2.14. The van der Waals surface area contributed by atoms with E-state index in [4.69, 9.17) is 0 Å². The number of aryl methyl sites for hydroxylation is 1. The molecule has 1 aromatic heterocycles. The van der Waals surface area contributed by atoms with Crippen LogP contribution in [0.5, 0.6) is 0 Å². The third-order valence-corrected chi connectivity index (χ3v) is 4.62. The Labute approximate surface area is 143 Å². The van der Waals surface area contributed by atoms with Gasteiger partial charge in [-0.2, -0.15) is 5.10 Å². The first-order valence-corrected chi connectivity index (χ1v) is 8.89. The second kappa shape index (κ2) is 7.62. The van der Waals surface area contributed by atoms with E-state index in [-0.39, 0.29) is 5.91 Å². The molecule has 3 rings (SSSR count). The number of aromatic amines is 1. The summed E-state index contributed by atoms with van der Waals surface area (Å²) in [6.45, 7) is 1.76. The molecule has 5 nitrogen and oxygen atoms in total. The van der Waals surface area contributed by atoms with Crippen LogP contribution in [0.3, 0.4) is 0 Å². The predicted molar refractivity (Wildman–Crippen MR) is 95.3 cm³/mol. The maximum atomic E-state index is 12.6. The molecule has 0 aliphatic heterocycles. The number of amides is 1. The van der Waals surface area contributed by atoms with E-state index in [1.807, 2.05) is 24.3 Å². The smallest absolute Gasteiger partial charge is 0.251 e. The minimum absolute atomic E-state index is 0.00749. The van der Waals surface area contributed by atoms with Crippen LogP contribution in [0.15, 0.2) is 24.3 Å². The number of quaternary nitrogens is 1. The molecule has 128 valence electrons. The van der Waals surface area contributed by atoms with Gasteiger partial charge in [-0.05, 0) is 31.7 Å². The number of rotatable bonds is 6. The molecule has 0 bridgehead atoms. The number of benzene rings is 1. The van der Waals surface area contributed by atoms with Crippen molar-refractivity contribution in [3.05, 3.63) is 41.1 Å². The fourth-order valence-corrected chi connectivity index (χ4v) is 3.33. The van der Waals surface area contributed by atoms with Crippen LogP contribution in [0.4, 0.5) is 0 Å². The van der Waals surface area contributed by atoms with Crippen molar-refractivity contribution in [3.63, 3.8) is 0 Å². The molecule has 1 aromatic carbocycles. The molecule has 0 unspecified atom stereocenters. The Balaban J connectivity index is 1.78. The van der Waals surface area contributed by atoms with Gasteiger partial charge in [-0.15, -0.1) is 0 Å². The van der Waals surface area contributed by atoms with E-state index in [0.29, 0.717) is 6.54 Å². The van der Waals surface area contributed by atoms with Gasteiger partial charge in [0.05, 0.1) is 26.3 Å². The van der Waals surface area contributed by atoms with Gasteiger partial charge < -0.3 is 10.2 Å². The van der Waals surface area contributed by atoms with Crippen LogP contribution in [0.1, 0.15) is 40.9 Å². The van der Waals surface area contributed by atoms with Gasteiger partial charge in [0.2, 0.25) is 0 Å². The van der Waals surface area contributed by atoms with Gasteiger partial charge in [0.25, 0.3) is 5.91 Å². The average Bonchev–Trinajstić information content (AvgIpc) is 3.02. The average molecular weight is 327 g/mol. The number of hydrogen-bond donors (Lipinski definition) is 3. The molecular formula is C19H27N4O+. The lowest BCUT2D eigenvalue weighted by atomic mass is 9.92. The summed E-state index contributed by atoms with van der Waals surface area (Å²) in [6.07, 6.45) is 5.49. The highest BCUT2D eigenvalue weighted by Crippen LogP contribution is 2.31. The predicted octanol–water partition coefficient (Wildman–Crippen LogP) is 1.22. The molecule has 0 saturated heterocycles. The molecule has 1 heterocycles. The van der Waals surface area contributed by atoms with Crippen LogP contribution in [0.25, 0.3) is 11.3 Å². The molecule has 0 spiro atoms. The number of carbonyl (C=O) groups excluding carboxylic acids is 1. The number of fused-ring (bicyclic) bond motifs is 1. The minimum Gasteiger partial charge on any atom is -0.352 e. The Kier molecular flexibility index (Phi) is 5.30. The highest BCUT2D eigenvalue weighted by molar-refractivity contribution is 6.00. The van der Waals surface area contributed by atoms with E-state index >= 15 is 0 Å². The van der Waals surface area contributed by atoms with Crippen molar-refractivity contribution in [2.45, 2.75) is 32.1 Å². The van der Waals surface area contributed by atoms with Gasteiger partial charge in [0, 0.05) is 35.3 Å². The van der Waals surface area contributed by atoms with Gasteiger partial charge in [-0.25, -0.2) is 0 Å². The molecule has 5 heteroatoms. The van der Waals surface area contributed by atoms with Crippen molar-refractivity contribution in [1.82, 2.24) is 15.5 Å². The van der Waals surface area contributed by atoms with Crippen LogP contribution in [0, 0.1) is 0 Å². The SMILES string of the molecule is C[NH+](C)CCCNC(=O)c1ccccc1-c1n[nH]c2c1CCCC2. The zero-order valence-electron chi connectivity index (χ0n) is 14.6. The molecule has 0 saturated carbocycles. The summed E-state index contributed by atoms with van der Waals surface area (Å²) in [5.41, 5.74) is 5.13. The van der Waals surface area contributed by atoms with Crippen molar-refractivity contribution in [3.8, 4) is 11.3 Å². The van der Waals surface area contributed by atoms with Crippen molar-refractivity contribution in [1.29, 1.82) is 0 Å². The van der Waals surface area contributed by atoms with E-state index in [1.165, 1.54) is 29.0 Å². The van der Waals surface area contributed by atoms with Gasteiger partial charge >= 0.3 is 0 Å². The molecule has 1 aliphatic rings. The van der Waals surface area contributed by atoms with Crippen LogP contribution in [-0.2, 0) is 12.8 Å². The third kappa shape index (κ3) is 3.67. The zero-order chi connectivity index (χ0) is 16.9. The van der Waals surface area contributed by atoms with E-state index < -0.39 is 0 Å². The van der Waals surface area contributed by atoms with Gasteiger partial charge in [0.1, 0.15) is 0 Å². The van der Waals surface area contributed by atoms with Crippen LogP contribution < -0.4 is 10.2 Å². The fraction of sp³-hybridized carbons (Fsp3) is 0.474. The van der Waals surface area contributed by atoms with Crippen molar-refractivity contribution >= 4 is 5.91 Å². The largest absolute Gasteiger partial charge is 0.352 e. The van der Waals surface area contributed by atoms with Crippen LogP contribution >= 0.6 is 0 Å². The summed E-state index contributed by atoms with van der Waals surface area (Å²) in [5.74, 6) is -0.00749. The first-order chi connectivity index (χ1) is 11.7. The van der Waals surface area contributed by atoms with E-state index in [9.17, 15) is 4.79 Å². The Morgan fingerprint density at radius 3 is 2.88 bits per heavy atom. The van der Waals surface area contributed by atoms with Gasteiger partial charge in [0.15, 0.2) is 0 Å². The molecule has 2 aromatic rings. The first-order valence-electron chi connectivity index (χ1n) is 8.89. The highest BCUT2D eigenvalue weighted by atomic mass is 16.1. The molecular weight excluding hydrogens is 300 g/mol. The summed E-state index contributed by atoms with van der Waals surface area (Å²) in [6, 6.07) is 7.79. The lowest BCUT2D eigenvalue weighted by Gasteiger charge is -2.13. The van der Waals surface area contributed by atoms with Crippen molar-refractivity contribution < 1.29 is 9.69 Å². The summed E-state index contributed by atoms with van der Waals surface area (Å²) in [5, 5.41) is 10.7. The quantitative estimate of drug-likeness (QED) is 0.699. The van der Waals surface area contributed by atoms with Crippen molar-refractivity contribution in [2.24, 2.45) is 0 Å². The third-order valence-electron chi connectivity index (χ3n) is 4.62. The molecule has 0 radical (unpaired) electrons. The Bertz CT molecular complexity index is 705. The van der Waals surface area contributed by atoms with E-state index in [2.05, 4.69) is 29.6 Å². The molecule has 1 aliphatic carbocycles. The van der Waals surface area contributed by atoms with E-state index in [1.54, 1.807) is 0 Å². The Morgan fingerprint density at radius 2 is 2.04 bits per heavy atom. The molecule has 1 amide bonds. The summed E-state index contributed by atoms with van der Waals surface area (Å²) >= 11 is 0. The standard InChI is InChI=1S/C19H26N4O/c1-23(2)13-7-12-20-19(24)15-9-4-3-8-14(15)18-16-10-5-6-11-17(16)21-22-18/h3-4,8-9H,5-7,10-13H2,1-2H3,(H,20,24)(H,21,22)/p+1. The van der Waals surface area contributed by atoms with Gasteiger partial charge in [-0.3, -0.25) is 9.89 Å². The van der Waals surface area contributed by atoms with Crippen LogP contribution in [-0.4, -0.2) is 43.3 Å². The summed E-state index contributed by atoms with van der Waals surface area (Å²) < 4.78 is 0. The van der Waals surface area contributed by atoms with Crippen LogP contribution in [0.2, 0.25) is 0 Å². The highest BCUT2D eigenvalue weighted by Gasteiger charge is 2.21. The number of aromatic nitrogens is 2. The summed E-state index contributed by atoms with van der Waals surface area (Å²) in [7, 11) is 4.25. The maximum absolute atomic E-state index is 12.6. The number of H-pyrrole nitrogens is 1. The van der Waals surface area contributed by atoms with Crippen molar-refractivity contribution in [2.75, 3.05) is 27.2 Å². The monoisotopic (exact) mass is 327 g/mol. The number of nitrogens with one attached hydrogen (secondary N) is 3. The lowest BCUT2D eigenvalue weighted by Crippen LogP contribution is -3.05. The normalized spacial score (nSPS) is 13.8. The zero-order valence-corrected chi connectivity index (χ0v) is 14.6. The molecule has 0 atom stereocenters. The molecule has 0 fully saturated rings. The first kappa shape index (κ1) is 16.7. The topological polar surface area (TPSA) is 62.2 Å². The maximum Gasteiger partial charge on any atom is 0.251 e. The lowest BCUT2D eigenvalue weighted by molar-refractivity contribution is -0.858. The second-order valence-corrected chi connectivity index (χ2v) is 6.85. The fourth-order valence-electron chi connectivity index (χ4n) is 3.33. The molecule has 3 N–H and O–H groups in total. The Morgan fingerprint density at radius 1 is 1.25 bits per heavy atom. The summed E-state index contributed by atoms with van der Waals surface area (Å²) in [4.78, 5) is 14.0. The molecule has 24 heavy (non-hydrogen) atoms. The second-order valence-electron chi connectivity index (χ2n) is 6.85. The van der Waals surface area contributed by atoms with Gasteiger partial charge in [-0.1, -0.05) is 18.2 Å². The van der Waals surface area contributed by atoms with E-state index in [0.717, 1.165) is 42.6 Å². The number of carbonyl (C=O) groups is 1. The number of nitrogens with zero attached hydrogens (tertiary/aromatic N) is 1. The minimum atomic E-state index is -0.00749. The number of hydrogen-bond acceptors (Lipinski definition) is 2.